The van der Waals surface area contributed by atoms with Crippen LogP contribution in [0.3, 0.4) is 0 Å². The van der Waals surface area contributed by atoms with Crippen LogP contribution in [0.15, 0.2) is 24.3 Å². The molecule has 8 nitrogen and oxygen atoms in total. The number of amides is 3. The molecule has 27 heavy (non-hydrogen) atoms. The van der Waals surface area contributed by atoms with E-state index in [9.17, 15) is 14.4 Å². The lowest BCUT2D eigenvalue weighted by molar-refractivity contribution is -0.150. The number of ether oxygens (including phenoxy) is 3. The van der Waals surface area contributed by atoms with E-state index in [1.165, 1.54) is 6.42 Å². The van der Waals surface area contributed by atoms with E-state index in [0.29, 0.717) is 18.1 Å². The summed E-state index contributed by atoms with van der Waals surface area (Å²) >= 11 is 0. The molecule has 0 bridgehead atoms. The second-order valence-electron chi connectivity index (χ2n) is 6.19. The maximum atomic E-state index is 11.8. The van der Waals surface area contributed by atoms with Crippen molar-refractivity contribution in [2.75, 3.05) is 19.8 Å². The first-order valence-corrected chi connectivity index (χ1v) is 9.19. The Kier molecular flexibility index (Phi) is 8.41. The Morgan fingerprint density at radius 1 is 1.00 bits per heavy atom. The van der Waals surface area contributed by atoms with Gasteiger partial charge in [-0.2, -0.15) is 0 Å². The number of nitrogens with one attached hydrogen (secondary N) is 2. The van der Waals surface area contributed by atoms with Crippen molar-refractivity contribution in [3.63, 3.8) is 0 Å². The molecule has 0 aromatic heterocycles. The van der Waals surface area contributed by atoms with Crippen molar-refractivity contribution in [3.05, 3.63) is 24.3 Å². The monoisotopic (exact) mass is 378 g/mol. The highest BCUT2D eigenvalue weighted by Crippen LogP contribution is 2.26. The molecule has 1 saturated carbocycles. The highest BCUT2D eigenvalue weighted by molar-refractivity contribution is 5.95. The summed E-state index contributed by atoms with van der Waals surface area (Å²) in [4.78, 5) is 35.2. The van der Waals surface area contributed by atoms with Crippen molar-refractivity contribution in [3.8, 4) is 11.5 Å². The highest BCUT2D eigenvalue weighted by atomic mass is 16.6. The first kappa shape index (κ1) is 20.5. The van der Waals surface area contributed by atoms with E-state index >= 15 is 0 Å². The van der Waals surface area contributed by atoms with Crippen LogP contribution >= 0.6 is 0 Å². The second kappa shape index (κ2) is 11.1. The van der Waals surface area contributed by atoms with E-state index in [4.69, 9.17) is 14.2 Å². The molecule has 8 heteroatoms. The van der Waals surface area contributed by atoms with Crippen molar-refractivity contribution in [2.45, 2.75) is 45.1 Å². The fourth-order valence-corrected chi connectivity index (χ4v) is 2.80. The average Bonchev–Trinajstić information content (AvgIpc) is 2.66. The lowest BCUT2D eigenvalue weighted by atomic mass is 9.96. The molecule has 1 aromatic carbocycles. The van der Waals surface area contributed by atoms with Gasteiger partial charge in [0.25, 0.3) is 5.91 Å². The summed E-state index contributed by atoms with van der Waals surface area (Å²) in [6.45, 7) is 1.39. The Bertz CT molecular complexity index is 643. The summed E-state index contributed by atoms with van der Waals surface area (Å²) in [5, 5.41) is 4.91. The summed E-state index contributed by atoms with van der Waals surface area (Å²) in [6.07, 6.45) is 5.14. The zero-order chi connectivity index (χ0) is 19.5. The summed E-state index contributed by atoms with van der Waals surface area (Å²) in [7, 11) is 0. The van der Waals surface area contributed by atoms with E-state index in [-0.39, 0.29) is 12.6 Å². The van der Waals surface area contributed by atoms with Gasteiger partial charge in [0.1, 0.15) is 0 Å². The first-order chi connectivity index (χ1) is 13.1. The molecule has 3 amide bonds. The average molecular weight is 378 g/mol. The third-order valence-electron chi connectivity index (χ3n) is 4.05. The van der Waals surface area contributed by atoms with Crippen LogP contribution in [0.4, 0.5) is 4.79 Å². The standard InChI is InChI=1S/C19H26N2O6/c1-2-25-15-10-6-7-11-16(15)26-13-18(23)27-12-17(22)21-19(24)20-14-8-4-3-5-9-14/h6-7,10-11,14H,2-5,8-9,12-13H2,1H3,(H2,20,21,22,24). The molecule has 0 heterocycles. The van der Waals surface area contributed by atoms with Gasteiger partial charge in [-0.1, -0.05) is 31.4 Å². The molecule has 0 saturated heterocycles. The number of urea groups is 1. The lowest BCUT2D eigenvalue weighted by Crippen LogP contribution is -2.46. The van der Waals surface area contributed by atoms with E-state index < -0.39 is 24.5 Å². The third-order valence-corrected chi connectivity index (χ3v) is 4.05. The SMILES string of the molecule is CCOc1ccccc1OCC(=O)OCC(=O)NC(=O)NC1CCCCC1. The number of benzene rings is 1. The van der Waals surface area contributed by atoms with Gasteiger partial charge in [-0.05, 0) is 31.9 Å². The molecule has 0 radical (unpaired) electrons. The largest absolute Gasteiger partial charge is 0.490 e. The molecule has 0 unspecified atom stereocenters. The van der Waals surface area contributed by atoms with Crippen molar-refractivity contribution < 1.29 is 28.6 Å². The minimum absolute atomic E-state index is 0.0907. The molecule has 0 aliphatic heterocycles. The number of carbonyl (C=O) groups excluding carboxylic acids is 3. The van der Waals surface area contributed by atoms with Crippen LogP contribution < -0.4 is 20.1 Å². The van der Waals surface area contributed by atoms with E-state index in [1.807, 2.05) is 6.92 Å². The van der Waals surface area contributed by atoms with Crippen molar-refractivity contribution >= 4 is 17.9 Å². The minimum atomic E-state index is -0.718. The zero-order valence-electron chi connectivity index (χ0n) is 15.5. The van der Waals surface area contributed by atoms with Gasteiger partial charge in [0, 0.05) is 6.04 Å². The molecular formula is C19H26N2O6. The molecule has 2 N–H and O–H groups in total. The van der Waals surface area contributed by atoms with Crippen molar-refractivity contribution in [1.29, 1.82) is 0 Å². The topological polar surface area (TPSA) is 103 Å². The van der Waals surface area contributed by atoms with Crippen LogP contribution in [0.5, 0.6) is 11.5 Å². The Hall–Kier alpha value is -2.77. The number of rotatable bonds is 8. The summed E-state index contributed by atoms with van der Waals surface area (Å²) in [5.41, 5.74) is 0. The van der Waals surface area contributed by atoms with Crippen LogP contribution in [0.25, 0.3) is 0 Å². The van der Waals surface area contributed by atoms with Gasteiger partial charge in [-0.15, -0.1) is 0 Å². The Labute approximate surface area is 158 Å². The minimum Gasteiger partial charge on any atom is -0.490 e. The second-order valence-corrected chi connectivity index (χ2v) is 6.19. The van der Waals surface area contributed by atoms with Crippen LogP contribution in [-0.4, -0.2) is 43.8 Å². The van der Waals surface area contributed by atoms with Crippen molar-refractivity contribution in [2.24, 2.45) is 0 Å². The maximum Gasteiger partial charge on any atom is 0.344 e. The fraction of sp³-hybridized carbons (Fsp3) is 0.526. The summed E-state index contributed by atoms with van der Waals surface area (Å²) in [6, 6.07) is 6.46. The maximum absolute atomic E-state index is 11.8. The summed E-state index contributed by atoms with van der Waals surface area (Å²) < 4.78 is 15.6. The molecule has 2 rings (SSSR count). The quantitative estimate of drug-likeness (QED) is 0.672. The number of para-hydroxylation sites is 2. The van der Waals surface area contributed by atoms with Gasteiger partial charge in [0.05, 0.1) is 6.61 Å². The Morgan fingerprint density at radius 3 is 2.33 bits per heavy atom. The Morgan fingerprint density at radius 2 is 1.67 bits per heavy atom. The van der Waals surface area contributed by atoms with Crippen LogP contribution in [-0.2, 0) is 14.3 Å². The normalized spacial score (nSPS) is 14.1. The number of esters is 1. The molecule has 148 valence electrons. The van der Waals surface area contributed by atoms with Gasteiger partial charge in [0.15, 0.2) is 24.7 Å². The number of hydrogen-bond donors (Lipinski definition) is 2. The third kappa shape index (κ3) is 7.55. The zero-order valence-corrected chi connectivity index (χ0v) is 15.5. The molecule has 0 spiro atoms. The predicted octanol–water partition coefficient (Wildman–Crippen LogP) is 2.17. The van der Waals surface area contributed by atoms with Gasteiger partial charge in [-0.25, -0.2) is 9.59 Å². The van der Waals surface area contributed by atoms with Crippen molar-refractivity contribution in [1.82, 2.24) is 10.6 Å². The van der Waals surface area contributed by atoms with Gasteiger partial charge < -0.3 is 19.5 Å². The number of carbonyl (C=O) groups is 3. The highest BCUT2D eigenvalue weighted by Gasteiger charge is 2.17. The van der Waals surface area contributed by atoms with Crippen LogP contribution in [0.2, 0.25) is 0 Å². The van der Waals surface area contributed by atoms with Gasteiger partial charge in [-0.3, -0.25) is 10.1 Å². The Balaban J connectivity index is 1.66. The molecular weight excluding hydrogens is 352 g/mol. The van der Waals surface area contributed by atoms with E-state index in [2.05, 4.69) is 10.6 Å². The number of hydrogen-bond acceptors (Lipinski definition) is 6. The molecule has 1 aliphatic carbocycles. The predicted molar refractivity (Wildman–Crippen MR) is 97.6 cm³/mol. The molecule has 1 fully saturated rings. The lowest BCUT2D eigenvalue weighted by Gasteiger charge is -2.22. The molecule has 1 aliphatic rings. The van der Waals surface area contributed by atoms with E-state index in [1.54, 1.807) is 24.3 Å². The summed E-state index contributed by atoms with van der Waals surface area (Å²) in [5.74, 6) is -0.479. The van der Waals surface area contributed by atoms with Crippen LogP contribution in [0, 0.1) is 0 Å². The van der Waals surface area contributed by atoms with E-state index in [0.717, 1.165) is 25.7 Å². The van der Waals surface area contributed by atoms with Gasteiger partial charge >= 0.3 is 12.0 Å². The first-order valence-electron chi connectivity index (χ1n) is 9.19. The fourth-order valence-electron chi connectivity index (χ4n) is 2.80. The molecule has 0 atom stereocenters. The smallest absolute Gasteiger partial charge is 0.344 e. The van der Waals surface area contributed by atoms with Gasteiger partial charge in [0.2, 0.25) is 0 Å². The molecule has 1 aromatic rings. The number of imide groups is 1. The van der Waals surface area contributed by atoms with Crippen LogP contribution in [0.1, 0.15) is 39.0 Å².